The quantitative estimate of drug-likeness (QED) is 0.537. The van der Waals surface area contributed by atoms with E-state index in [1.165, 1.54) is 0 Å². The Labute approximate surface area is 99.0 Å². The molecule has 1 atom stereocenters. The second kappa shape index (κ2) is 8.34. The van der Waals surface area contributed by atoms with Gasteiger partial charge in [0.25, 0.3) is 0 Å². The van der Waals surface area contributed by atoms with Crippen molar-refractivity contribution < 1.29 is 9.53 Å². The monoisotopic (exact) mass is 227 g/mol. The molecule has 0 amide bonds. The van der Waals surface area contributed by atoms with Gasteiger partial charge in [0, 0.05) is 11.6 Å². The Hall–Kier alpha value is -0.830. The van der Waals surface area contributed by atoms with Crippen LogP contribution in [0.25, 0.3) is 0 Å². The molecular formula is C13H25NO2. The molecule has 0 bridgehead atoms. The predicted molar refractivity (Wildman–Crippen MR) is 67.1 cm³/mol. The maximum absolute atomic E-state index is 11.7. The summed E-state index contributed by atoms with van der Waals surface area (Å²) in [6.07, 6.45) is 4.68. The second-order valence-electron chi connectivity index (χ2n) is 4.34. The molecule has 0 aliphatic heterocycles. The minimum absolute atomic E-state index is 0.0729. The maximum atomic E-state index is 11.7. The van der Waals surface area contributed by atoms with Crippen molar-refractivity contribution in [2.75, 3.05) is 6.61 Å². The van der Waals surface area contributed by atoms with E-state index in [2.05, 4.69) is 6.92 Å². The van der Waals surface area contributed by atoms with Gasteiger partial charge in [0.15, 0.2) is 0 Å². The number of esters is 1. The van der Waals surface area contributed by atoms with E-state index in [-0.39, 0.29) is 12.0 Å². The first-order valence-corrected chi connectivity index (χ1v) is 6.16. The Morgan fingerprint density at radius 3 is 2.44 bits per heavy atom. The second-order valence-corrected chi connectivity index (χ2v) is 4.34. The summed E-state index contributed by atoms with van der Waals surface area (Å²) in [4.78, 5) is 11.7. The van der Waals surface area contributed by atoms with Crippen molar-refractivity contribution in [3.05, 3.63) is 11.6 Å². The van der Waals surface area contributed by atoms with Crippen LogP contribution in [0.2, 0.25) is 0 Å². The van der Waals surface area contributed by atoms with Crippen molar-refractivity contribution in [1.82, 2.24) is 0 Å². The minimum Gasteiger partial charge on any atom is -0.463 e. The Bertz CT molecular complexity index is 234. The molecule has 2 N–H and O–H groups in total. The lowest BCUT2D eigenvalue weighted by molar-refractivity contribution is -0.138. The summed E-state index contributed by atoms with van der Waals surface area (Å²) in [7, 11) is 0. The highest BCUT2D eigenvalue weighted by Crippen LogP contribution is 2.12. The Morgan fingerprint density at radius 2 is 2.00 bits per heavy atom. The molecule has 0 aromatic rings. The first-order chi connectivity index (χ1) is 7.52. The smallest absolute Gasteiger partial charge is 0.333 e. The summed E-state index contributed by atoms with van der Waals surface area (Å²) < 4.78 is 5.02. The van der Waals surface area contributed by atoms with Crippen LogP contribution in [0.15, 0.2) is 11.6 Å². The van der Waals surface area contributed by atoms with Crippen LogP contribution in [0.3, 0.4) is 0 Å². The number of hydrogen-bond donors (Lipinski definition) is 1. The molecule has 0 rings (SSSR count). The van der Waals surface area contributed by atoms with E-state index in [0.717, 1.165) is 24.8 Å². The van der Waals surface area contributed by atoms with E-state index >= 15 is 0 Å². The maximum Gasteiger partial charge on any atom is 0.333 e. The van der Waals surface area contributed by atoms with Crippen LogP contribution < -0.4 is 5.73 Å². The summed E-state index contributed by atoms with van der Waals surface area (Å²) in [5.41, 5.74) is 6.67. The van der Waals surface area contributed by atoms with E-state index < -0.39 is 0 Å². The van der Waals surface area contributed by atoms with Crippen molar-refractivity contribution in [3.63, 3.8) is 0 Å². The SMILES string of the molecule is CCCC/C(=C\[C@@H](N)C(C)C)C(=O)OCC. The summed E-state index contributed by atoms with van der Waals surface area (Å²) in [5.74, 6) is 0.123. The van der Waals surface area contributed by atoms with Gasteiger partial charge in [0.2, 0.25) is 0 Å². The highest BCUT2D eigenvalue weighted by atomic mass is 16.5. The first kappa shape index (κ1) is 15.2. The zero-order valence-electron chi connectivity index (χ0n) is 11.0. The molecule has 0 radical (unpaired) electrons. The van der Waals surface area contributed by atoms with Crippen molar-refractivity contribution in [2.45, 2.75) is 53.0 Å². The van der Waals surface area contributed by atoms with Gasteiger partial charge in [-0.15, -0.1) is 0 Å². The molecule has 94 valence electrons. The fraction of sp³-hybridized carbons (Fsp3) is 0.769. The molecule has 0 fully saturated rings. The van der Waals surface area contributed by atoms with Gasteiger partial charge in [-0.05, 0) is 25.7 Å². The van der Waals surface area contributed by atoms with Crippen LogP contribution >= 0.6 is 0 Å². The van der Waals surface area contributed by atoms with Gasteiger partial charge >= 0.3 is 5.97 Å². The van der Waals surface area contributed by atoms with Crippen LogP contribution in [-0.4, -0.2) is 18.6 Å². The van der Waals surface area contributed by atoms with Gasteiger partial charge in [-0.3, -0.25) is 0 Å². The molecule has 0 spiro atoms. The van der Waals surface area contributed by atoms with E-state index in [1.807, 2.05) is 26.8 Å². The Morgan fingerprint density at radius 1 is 1.38 bits per heavy atom. The van der Waals surface area contributed by atoms with Crippen molar-refractivity contribution in [1.29, 1.82) is 0 Å². The summed E-state index contributed by atoms with van der Waals surface area (Å²) in [5, 5.41) is 0. The molecule has 0 aromatic carbocycles. The van der Waals surface area contributed by atoms with E-state index in [0.29, 0.717) is 12.5 Å². The molecule has 3 nitrogen and oxygen atoms in total. The van der Waals surface area contributed by atoms with Gasteiger partial charge in [-0.25, -0.2) is 4.79 Å². The molecule has 0 aromatic heterocycles. The number of hydrogen-bond acceptors (Lipinski definition) is 3. The number of carbonyl (C=O) groups excluding carboxylic acids is 1. The molecule has 0 heterocycles. The highest BCUT2D eigenvalue weighted by Gasteiger charge is 2.13. The lowest BCUT2D eigenvalue weighted by Crippen LogP contribution is -2.25. The average molecular weight is 227 g/mol. The number of carbonyl (C=O) groups is 1. The standard InChI is InChI=1S/C13H25NO2/c1-5-7-8-11(13(15)16-6-2)9-12(14)10(3)4/h9-10,12H,5-8,14H2,1-4H3/b11-9+/t12-/m1/s1. The third kappa shape index (κ3) is 5.91. The van der Waals surface area contributed by atoms with Crippen molar-refractivity contribution >= 4 is 5.97 Å². The van der Waals surface area contributed by atoms with E-state index in [1.54, 1.807) is 0 Å². The number of ether oxygens (including phenoxy) is 1. The van der Waals surface area contributed by atoms with Crippen molar-refractivity contribution in [3.8, 4) is 0 Å². The van der Waals surface area contributed by atoms with E-state index in [9.17, 15) is 4.79 Å². The predicted octanol–water partition coefficient (Wildman–Crippen LogP) is 2.65. The molecule has 0 saturated carbocycles. The number of nitrogens with two attached hydrogens (primary N) is 1. The van der Waals surface area contributed by atoms with Gasteiger partial charge in [-0.2, -0.15) is 0 Å². The number of rotatable bonds is 7. The first-order valence-electron chi connectivity index (χ1n) is 6.16. The molecular weight excluding hydrogens is 202 g/mol. The molecule has 0 aliphatic rings. The largest absolute Gasteiger partial charge is 0.463 e. The van der Waals surface area contributed by atoms with Crippen LogP contribution in [0.4, 0.5) is 0 Å². The summed E-state index contributed by atoms with van der Waals surface area (Å²) >= 11 is 0. The third-order valence-corrected chi connectivity index (χ3v) is 2.50. The van der Waals surface area contributed by atoms with Gasteiger partial charge in [0.05, 0.1) is 6.61 Å². The fourth-order valence-electron chi connectivity index (χ4n) is 1.27. The van der Waals surface area contributed by atoms with Crippen LogP contribution in [-0.2, 0) is 9.53 Å². The topological polar surface area (TPSA) is 52.3 Å². The molecule has 0 aliphatic carbocycles. The number of unbranched alkanes of at least 4 members (excludes halogenated alkanes) is 1. The lowest BCUT2D eigenvalue weighted by atomic mass is 10.00. The summed E-state index contributed by atoms with van der Waals surface area (Å²) in [6.45, 7) is 8.43. The van der Waals surface area contributed by atoms with Crippen LogP contribution in [0, 0.1) is 5.92 Å². The minimum atomic E-state index is -0.216. The molecule has 0 unspecified atom stereocenters. The van der Waals surface area contributed by atoms with Crippen LogP contribution in [0.1, 0.15) is 47.0 Å². The Balaban J connectivity index is 4.57. The molecule has 3 heteroatoms. The molecule has 16 heavy (non-hydrogen) atoms. The fourth-order valence-corrected chi connectivity index (χ4v) is 1.27. The zero-order chi connectivity index (χ0) is 12.6. The van der Waals surface area contributed by atoms with Gasteiger partial charge < -0.3 is 10.5 Å². The third-order valence-electron chi connectivity index (χ3n) is 2.50. The van der Waals surface area contributed by atoms with Crippen molar-refractivity contribution in [2.24, 2.45) is 11.7 Å². The van der Waals surface area contributed by atoms with Gasteiger partial charge in [0.1, 0.15) is 0 Å². The highest BCUT2D eigenvalue weighted by molar-refractivity contribution is 5.88. The molecule has 0 saturated heterocycles. The average Bonchev–Trinajstić information content (AvgIpc) is 2.23. The lowest BCUT2D eigenvalue weighted by Gasteiger charge is -2.13. The van der Waals surface area contributed by atoms with Crippen LogP contribution in [0.5, 0.6) is 0 Å². The zero-order valence-corrected chi connectivity index (χ0v) is 11.0. The Kier molecular flexibility index (Phi) is 7.90. The van der Waals surface area contributed by atoms with Gasteiger partial charge in [-0.1, -0.05) is 33.3 Å². The normalized spacial score (nSPS) is 14.0. The van der Waals surface area contributed by atoms with E-state index in [4.69, 9.17) is 10.5 Å². The summed E-state index contributed by atoms with van der Waals surface area (Å²) in [6, 6.07) is -0.0729.